The Bertz CT molecular complexity index is 515. The second kappa shape index (κ2) is 5.58. The molecule has 0 atom stereocenters. The van der Waals surface area contributed by atoms with Gasteiger partial charge in [-0.3, -0.25) is 0 Å². The van der Waals surface area contributed by atoms with Crippen molar-refractivity contribution < 1.29 is 9.47 Å². The molecule has 0 N–H and O–H groups in total. The highest BCUT2D eigenvalue weighted by atomic mass is 16.5. The van der Waals surface area contributed by atoms with Gasteiger partial charge in [0.1, 0.15) is 11.5 Å². The van der Waals surface area contributed by atoms with Gasteiger partial charge in [-0.05, 0) is 29.7 Å². The normalized spacial score (nSPS) is 10.2. The lowest BCUT2D eigenvalue weighted by Crippen LogP contribution is -1.90. The van der Waals surface area contributed by atoms with E-state index in [2.05, 4.69) is 31.2 Å². The van der Waals surface area contributed by atoms with Crippen LogP contribution in [0.2, 0.25) is 0 Å². The zero-order chi connectivity index (χ0) is 13.0. The average molecular weight is 242 g/mol. The first-order valence-corrected chi connectivity index (χ1v) is 6.09. The molecule has 0 amide bonds. The zero-order valence-electron chi connectivity index (χ0n) is 11.1. The molecule has 0 aliphatic carbocycles. The standard InChI is InChI=1S/C16H18O2/c1-4-12-5-7-13(8-6-12)15-10-9-14(17-2)11-16(15)18-3/h5-11H,4H2,1-3H3. The van der Waals surface area contributed by atoms with Gasteiger partial charge in [0.05, 0.1) is 14.2 Å². The van der Waals surface area contributed by atoms with E-state index in [0.717, 1.165) is 29.0 Å². The Morgan fingerprint density at radius 2 is 1.61 bits per heavy atom. The smallest absolute Gasteiger partial charge is 0.130 e. The van der Waals surface area contributed by atoms with Gasteiger partial charge in [-0.1, -0.05) is 31.2 Å². The lowest BCUT2D eigenvalue weighted by atomic mass is 10.0. The van der Waals surface area contributed by atoms with Crippen molar-refractivity contribution in [3.8, 4) is 22.6 Å². The topological polar surface area (TPSA) is 18.5 Å². The molecule has 0 aliphatic rings. The van der Waals surface area contributed by atoms with E-state index in [9.17, 15) is 0 Å². The molecular weight excluding hydrogens is 224 g/mol. The molecule has 2 nitrogen and oxygen atoms in total. The number of methoxy groups -OCH3 is 2. The first kappa shape index (κ1) is 12.5. The lowest BCUT2D eigenvalue weighted by molar-refractivity contribution is 0.395. The van der Waals surface area contributed by atoms with Gasteiger partial charge in [0.15, 0.2) is 0 Å². The second-order valence-corrected chi connectivity index (χ2v) is 4.12. The van der Waals surface area contributed by atoms with E-state index in [-0.39, 0.29) is 0 Å². The summed E-state index contributed by atoms with van der Waals surface area (Å²) in [4.78, 5) is 0. The Morgan fingerprint density at radius 3 is 2.17 bits per heavy atom. The fraction of sp³-hybridized carbons (Fsp3) is 0.250. The van der Waals surface area contributed by atoms with Crippen molar-refractivity contribution in [1.82, 2.24) is 0 Å². The SMILES string of the molecule is CCc1ccc(-c2ccc(OC)cc2OC)cc1. The maximum absolute atomic E-state index is 5.42. The summed E-state index contributed by atoms with van der Waals surface area (Å²) in [5.74, 6) is 1.64. The van der Waals surface area contributed by atoms with Crippen molar-refractivity contribution in [3.05, 3.63) is 48.0 Å². The van der Waals surface area contributed by atoms with Gasteiger partial charge in [0.2, 0.25) is 0 Å². The molecule has 2 aromatic carbocycles. The Kier molecular flexibility index (Phi) is 3.88. The largest absolute Gasteiger partial charge is 0.497 e. The van der Waals surface area contributed by atoms with E-state index in [1.807, 2.05) is 18.2 Å². The van der Waals surface area contributed by atoms with Crippen LogP contribution >= 0.6 is 0 Å². The predicted octanol–water partition coefficient (Wildman–Crippen LogP) is 3.93. The van der Waals surface area contributed by atoms with Gasteiger partial charge in [-0.15, -0.1) is 0 Å². The Balaban J connectivity index is 2.42. The molecular formula is C16H18O2. The van der Waals surface area contributed by atoms with Crippen molar-refractivity contribution in [2.45, 2.75) is 13.3 Å². The molecule has 0 aliphatic heterocycles. The average Bonchev–Trinajstić information content (AvgIpc) is 2.46. The van der Waals surface area contributed by atoms with E-state index in [1.165, 1.54) is 5.56 Å². The van der Waals surface area contributed by atoms with Crippen molar-refractivity contribution in [3.63, 3.8) is 0 Å². The summed E-state index contributed by atoms with van der Waals surface area (Å²) in [5.41, 5.74) is 3.58. The summed E-state index contributed by atoms with van der Waals surface area (Å²) in [5, 5.41) is 0. The number of hydrogen-bond donors (Lipinski definition) is 0. The number of aryl methyl sites for hydroxylation is 1. The minimum Gasteiger partial charge on any atom is -0.497 e. The van der Waals surface area contributed by atoms with E-state index in [1.54, 1.807) is 14.2 Å². The Morgan fingerprint density at radius 1 is 0.889 bits per heavy atom. The first-order chi connectivity index (χ1) is 8.78. The third kappa shape index (κ3) is 2.48. The number of ether oxygens (including phenoxy) is 2. The summed E-state index contributed by atoms with van der Waals surface area (Å²) in [6.07, 6.45) is 1.06. The van der Waals surface area contributed by atoms with Gasteiger partial charge in [0, 0.05) is 11.6 Å². The van der Waals surface area contributed by atoms with Crippen LogP contribution in [0, 0.1) is 0 Å². The molecule has 0 bridgehead atoms. The second-order valence-electron chi connectivity index (χ2n) is 4.12. The highest BCUT2D eigenvalue weighted by Crippen LogP contribution is 2.33. The molecule has 0 unspecified atom stereocenters. The van der Waals surface area contributed by atoms with E-state index < -0.39 is 0 Å². The monoisotopic (exact) mass is 242 g/mol. The molecule has 2 aromatic rings. The van der Waals surface area contributed by atoms with E-state index in [4.69, 9.17) is 9.47 Å². The Labute approximate surface area is 108 Å². The van der Waals surface area contributed by atoms with Crippen LogP contribution in [0.4, 0.5) is 0 Å². The molecule has 18 heavy (non-hydrogen) atoms. The van der Waals surface area contributed by atoms with E-state index in [0.29, 0.717) is 0 Å². The van der Waals surface area contributed by atoms with Crippen LogP contribution in [0.5, 0.6) is 11.5 Å². The van der Waals surface area contributed by atoms with Crippen molar-refractivity contribution in [2.24, 2.45) is 0 Å². The molecule has 0 saturated carbocycles. The van der Waals surface area contributed by atoms with Crippen molar-refractivity contribution >= 4 is 0 Å². The van der Waals surface area contributed by atoms with Gasteiger partial charge >= 0.3 is 0 Å². The van der Waals surface area contributed by atoms with Crippen LogP contribution in [0.25, 0.3) is 11.1 Å². The van der Waals surface area contributed by atoms with Crippen molar-refractivity contribution in [2.75, 3.05) is 14.2 Å². The van der Waals surface area contributed by atoms with Crippen molar-refractivity contribution in [1.29, 1.82) is 0 Å². The number of benzene rings is 2. The van der Waals surface area contributed by atoms with Crippen LogP contribution in [-0.4, -0.2) is 14.2 Å². The molecule has 0 fully saturated rings. The fourth-order valence-electron chi connectivity index (χ4n) is 1.96. The lowest BCUT2D eigenvalue weighted by Gasteiger charge is -2.11. The van der Waals surface area contributed by atoms with Gasteiger partial charge in [-0.25, -0.2) is 0 Å². The molecule has 2 rings (SSSR count). The minimum atomic E-state index is 0.806. The summed E-state index contributed by atoms with van der Waals surface area (Å²) < 4.78 is 10.6. The van der Waals surface area contributed by atoms with E-state index >= 15 is 0 Å². The highest BCUT2D eigenvalue weighted by Gasteiger charge is 2.07. The summed E-state index contributed by atoms with van der Waals surface area (Å²) in [6.45, 7) is 2.16. The minimum absolute atomic E-state index is 0.806. The fourth-order valence-corrected chi connectivity index (χ4v) is 1.96. The summed E-state index contributed by atoms with van der Waals surface area (Å²) in [7, 11) is 3.34. The van der Waals surface area contributed by atoms with Crippen LogP contribution in [0.1, 0.15) is 12.5 Å². The first-order valence-electron chi connectivity index (χ1n) is 6.09. The molecule has 0 radical (unpaired) electrons. The summed E-state index contributed by atoms with van der Waals surface area (Å²) >= 11 is 0. The summed E-state index contributed by atoms with van der Waals surface area (Å²) in [6, 6.07) is 14.4. The zero-order valence-corrected chi connectivity index (χ0v) is 11.1. The van der Waals surface area contributed by atoms with Gasteiger partial charge < -0.3 is 9.47 Å². The molecule has 0 spiro atoms. The van der Waals surface area contributed by atoms with Crippen LogP contribution < -0.4 is 9.47 Å². The Hall–Kier alpha value is -1.96. The quantitative estimate of drug-likeness (QED) is 0.808. The van der Waals surface area contributed by atoms with Crippen LogP contribution in [0.15, 0.2) is 42.5 Å². The predicted molar refractivity (Wildman–Crippen MR) is 74.4 cm³/mol. The number of hydrogen-bond acceptors (Lipinski definition) is 2. The van der Waals surface area contributed by atoms with Crippen LogP contribution in [0.3, 0.4) is 0 Å². The number of rotatable bonds is 4. The van der Waals surface area contributed by atoms with Gasteiger partial charge in [-0.2, -0.15) is 0 Å². The molecule has 2 heteroatoms. The highest BCUT2D eigenvalue weighted by molar-refractivity contribution is 5.71. The molecule has 0 aromatic heterocycles. The van der Waals surface area contributed by atoms with Crippen LogP contribution in [-0.2, 0) is 6.42 Å². The molecule has 0 heterocycles. The van der Waals surface area contributed by atoms with Gasteiger partial charge in [0.25, 0.3) is 0 Å². The third-order valence-electron chi connectivity index (χ3n) is 3.08. The molecule has 94 valence electrons. The maximum Gasteiger partial charge on any atom is 0.130 e. The third-order valence-corrected chi connectivity index (χ3v) is 3.08. The maximum atomic E-state index is 5.42. The molecule has 0 saturated heterocycles.